The molecule has 0 aliphatic heterocycles. The SMILES string of the molecule is CP(C)(=O)c1ccc(-c2cnc3nnn(Cc4ccc5ccc(F)n5c4)c3n2)cc1. The summed E-state index contributed by atoms with van der Waals surface area (Å²) in [6.07, 6.45) is 3.39. The summed E-state index contributed by atoms with van der Waals surface area (Å²) < 4.78 is 29.3. The highest BCUT2D eigenvalue weighted by Gasteiger charge is 2.13. The molecule has 0 aliphatic rings. The molecule has 7 nitrogen and oxygen atoms in total. The van der Waals surface area contributed by atoms with E-state index in [1.807, 2.05) is 36.4 Å². The fraction of sp³-hybridized carbons (Fsp3) is 0.143. The molecule has 1 aromatic carbocycles. The Hall–Kier alpha value is -3.38. The Balaban J connectivity index is 1.51. The van der Waals surface area contributed by atoms with E-state index < -0.39 is 7.14 Å². The molecule has 0 bridgehead atoms. The molecule has 0 saturated carbocycles. The lowest BCUT2D eigenvalue weighted by molar-refractivity contribution is 0.571. The summed E-state index contributed by atoms with van der Waals surface area (Å²) in [6, 6.07) is 14.4. The fourth-order valence-electron chi connectivity index (χ4n) is 3.37. The van der Waals surface area contributed by atoms with Gasteiger partial charge in [0.25, 0.3) is 0 Å². The zero-order valence-corrected chi connectivity index (χ0v) is 17.3. The van der Waals surface area contributed by atoms with Gasteiger partial charge in [0.05, 0.1) is 18.4 Å². The number of benzene rings is 1. The number of aromatic nitrogens is 6. The standard InChI is InChI=1S/C21H18FN6OP/c1-30(2,29)17-8-4-15(5-9-17)18-11-23-20-21(24-18)28(26-25-20)13-14-3-6-16-7-10-19(22)27(16)12-14/h3-12H,13H2,1-2H3. The summed E-state index contributed by atoms with van der Waals surface area (Å²) >= 11 is 0. The van der Waals surface area contributed by atoms with E-state index in [1.165, 1.54) is 10.5 Å². The monoisotopic (exact) mass is 420 g/mol. The molecule has 30 heavy (non-hydrogen) atoms. The molecule has 0 unspecified atom stereocenters. The van der Waals surface area contributed by atoms with Crippen LogP contribution in [-0.2, 0) is 11.1 Å². The largest absolute Gasteiger partial charge is 0.319 e. The van der Waals surface area contributed by atoms with Crippen molar-refractivity contribution in [1.29, 1.82) is 0 Å². The average molecular weight is 420 g/mol. The third kappa shape index (κ3) is 3.29. The molecule has 0 aliphatic carbocycles. The first-order valence-electron chi connectivity index (χ1n) is 9.36. The van der Waals surface area contributed by atoms with Crippen LogP contribution < -0.4 is 5.30 Å². The van der Waals surface area contributed by atoms with E-state index in [2.05, 4.69) is 20.3 Å². The minimum absolute atomic E-state index is 0.315. The Labute approximate surface area is 171 Å². The van der Waals surface area contributed by atoms with Crippen molar-refractivity contribution >= 4 is 29.3 Å². The van der Waals surface area contributed by atoms with Crippen LogP contribution in [0.5, 0.6) is 0 Å². The van der Waals surface area contributed by atoms with Crippen LogP contribution in [0.4, 0.5) is 4.39 Å². The van der Waals surface area contributed by atoms with Crippen LogP contribution in [0, 0.1) is 5.95 Å². The van der Waals surface area contributed by atoms with Crippen LogP contribution in [0.25, 0.3) is 28.1 Å². The quantitative estimate of drug-likeness (QED) is 0.416. The van der Waals surface area contributed by atoms with Gasteiger partial charge in [-0.2, -0.15) is 4.39 Å². The van der Waals surface area contributed by atoms with Crippen molar-refractivity contribution in [2.24, 2.45) is 0 Å². The van der Waals surface area contributed by atoms with Crippen molar-refractivity contribution in [3.05, 3.63) is 72.4 Å². The third-order valence-electron chi connectivity index (χ3n) is 5.01. The number of nitrogens with zero attached hydrogens (tertiary/aromatic N) is 6. The predicted octanol–water partition coefficient (Wildman–Crippen LogP) is 3.58. The number of halogens is 1. The molecule has 0 fully saturated rings. The van der Waals surface area contributed by atoms with Crippen molar-refractivity contribution in [2.75, 3.05) is 13.3 Å². The van der Waals surface area contributed by atoms with Crippen LogP contribution in [-0.4, -0.2) is 42.7 Å². The highest BCUT2D eigenvalue weighted by molar-refractivity contribution is 7.70. The van der Waals surface area contributed by atoms with E-state index in [0.717, 1.165) is 21.9 Å². The minimum atomic E-state index is -2.31. The van der Waals surface area contributed by atoms with Crippen LogP contribution in [0.15, 0.2) is 60.9 Å². The van der Waals surface area contributed by atoms with Gasteiger partial charge in [0, 0.05) is 22.6 Å². The molecule has 0 atom stereocenters. The van der Waals surface area contributed by atoms with Gasteiger partial charge in [0.15, 0.2) is 11.6 Å². The number of pyridine rings is 1. The molecular formula is C21H18FN6OP. The smallest absolute Gasteiger partial charge is 0.221 e. The lowest BCUT2D eigenvalue weighted by atomic mass is 10.2. The number of hydrogen-bond acceptors (Lipinski definition) is 5. The molecule has 0 amide bonds. The lowest BCUT2D eigenvalue weighted by Crippen LogP contribution is -2.05. The molecule has 5 rings (SSSR count). The first kappa shape index (κ1) is 18.6. The van der Waals surface area contributed by atoms with Crippen molar-refractivity contribution < 1.29 is 8.96 Å². The summed E-state index contributed by atoms with van der Waals surface area (Å²) in [5, 5.41) is 9.07. The van der Waals surface area contributed by atoms with Gasteiger partial charge in [-0.3, -0.25) is 4.40 Å². The zero-order valence-electron chi connectivity index (χ0n) is 16.4. The Morgan fingerprint density at radius 1 is 1.03 bits per heavy atom. The third-order valence-corrected chi connectivity index (χ3v) is 6.55. The second-order valence-electron chi connectivity index (χ2n) is 7.54. The summed E-state index contributed by atoms with van der Waals surface area (Å²) in [7, 11) is -2.31. The van der Waals surface area contributed by atoms with Gasteiger partial charge >= 0.3 is 0 Å². The van der Waals surface area contributed by atoms with Crippen LogP contribution in [0.3, 0.4) is 0 Å². The van der Waals surface area contributed by atoms with Gasteiger partial charge in [0.1, 0.15) is 7.14 Å². The van der Waals surface area contributed by atoms with E-state index in [-0.39, 0.29) is 5.95 Å². The predicted molar refractivity (Wildman–Crippen MR) is 114 cm³/mol. The summed E-state index contributed by atoms with van der Waals surface area (Å²) in [6.45, 7) is 3.88. The Bertz CT molecular complexity index is 1430. The zero-order chi connectivity index (χ0) is 20.9. The molecule has 0 N–H and O–H groups in total. The number of rotatable bonds is 4. The van der Waals surface area contributed by atoms with Crippen molar-refractivity contribution in [3.63, 3.8) is 0 Å². The van der Waals surface area contributed by atoms with Gasteiger partial charge < -0.3 is 4.57 Å². The maximum Gasteiger partial charge on any atom is 0.221 e. The van der Waals surface area contributed by atoms with Gasteiger partial charge in [0.2, 0.25) is 5.65 Å². The fourth-order valence-corrected chi connectivity index (χ4v) is 4.24. The molecule has 0 spiro atoms. The normalized spacial score (nSPS) is 12.1. The van der Waals surface area contributed by atoms with E-state index in [1.54, 1.807) is 36.5 Å². The van der Waals surface area contributed by atoms with Gasteiger partial charge in [-0.25, -0.2) is 14.6 Å². The van der Waals surface area contributed by atoms with E-state index in [4.69, 9.17) is 0 Å². The van der Waals surface area contributed by atoms with Gasteiger partial charge in [-0.05, 0) is 37.1 Å². The number of fused-ring (bicyclic) bond motifs is 2. The summed E-state index contributed by atoms with van der Waals surface area (Å²) in [5.74, 6) is -0.315. The Kier molecular flexibility index (Phi) is 4.25. The second-order valence-corrected chi connectivity index (χ2v) is 10.8. The molecule has 0 saturated heterocycles. The second kappa shape index (κ2) is 6.85. The molecular weight excluding hydrogens is 402 g/mol. The molecule has 150 valence electrons. The maximum absolute atomic E-state index is 13.9. The average Bonchev–Trinajstić information content (AvgIpc) is 3.31. The maximum atomic E-state index is 13.9. The molecule has 4 heterocycles. The molecule has 9 heteroatoms. The molecule has 4 aromatic heterocycles. The summed E-state index contributed by atoms with van der Waals surface area (Å²) in [4.78, 5) is 9.06. The van der Waals surface area contributed by atoms with Gasteiger partial charge in [-0.1, -0.05) is 35.5 Å². The Morgan fingerprint density at radius 2 is 1.80 bits per heavy atom. The Morgan fingerprint density at radius 3 is 2.57 bits per heavy atom. The van der Waals surface area contributed by atoms with E-state index in [9.17, 15) is 8.96 Å². The van der Waals surface area contributed by atoms with E-state index in [0.29, 0.717) is 23.5 Å². The van der Waals surface area contributed by atoms with Crippen molar-refractivity contribution in [1.82, 2.24) is 29.4 Å². The van der Waals surface area contributed by atoms with E-state index >= 15 is 0 Å². The molecule has 0 radical (unpaired) electrons. The van der Waals surface area contributed by atoms with Crippen LogP contribution in [0.2, 0.25) is 0 Å². The first-order valence-corrected chi connectivity index (χ1v) is 12.0. The minimum Gasteiger partial charge on any atom is -0.319 e. The van der Waals surface area contributed by atoms with Crippen molar-refractivity contribution in [2.45, 2.75) is 6.54 Å². The highest BCUT2D eigenvalue weighted by atomic mass is 31.2. The van der Waals surface area contributed by atoms with Crippen LogP contribution >= 0.6 is 7.14 Å². The highest BCUT2D eigenvalue weighted by Crippen LogP contribution is 2.34. The lowest BCUT2D eigenvalue weighted by Gasteiger charge is -2.08. The van der Waals surface area contributed by atoms with Gasteiger partial charge in [-0.15, -0.1) is 5.10 Å². The topological polar surface area (TPSA) is 78.0 Å². The first-order chi connectivity index (χ1) is 14.4. The van der Waals surface area contributed by atoms with Crippen LogP contribution in [0.1, 0.15) is 5.56 Å². The number of hydrogen-bond donors (Lipinski definition) is 0. The molecule has 5 aromatic rings. The summed E-state index contributed by atoms with van der Waals surface area (Å²) in [5.41, 5.74) is 4.17. The van der Waals surface area contributed by atoms with Crippen molar-refractivity contribution in [3.8, 4) is 11.3 Å².